The van der Waals surface area contributed by atoms with Crippen LogP contribution in [0.3, 0.4) is 0 Å². The molecule has 1 aliphatic rings. The van der Waals surface area contributed by atoms with Crippen LogP contribution in [-0.4, -0.2) is 23.5 Å². The molecule has 0 spiro atoms. The first-order valence-electron chi connectivity index (χ1n) is 4.50. The topological polar surface area (TPSA) is 90.8 Å². The number of rotatable bonds is 1. The zero-order valence-electron chi connectivity index (χ0n) is 8.11. The molecule has 0 amide bonds. The van der Waals surface area contributed by atoms with E-state index in [-0.39, 0.29) is 5.71 Å². The van der Waals surface area contributed by atoms with E-state index in [9.17, 15) is 8.42 Å². The van der Waals surface area contributed by atoms with Crippen LogP contribution in [0.5, 0.6) is 0 Å². The molecule has 1 N–H and O–H groups in total. The van der Waals surface area contributed by atoms with Gasteiger partial charge in [-0.2, -0.15) is 13.2 Å². The molecule has 1 unspecified atom stereocenters. The van der Waals surface area contributed by atoms with Crippen molar-refractivity contribution in [3.63, 3.8) is 0 Å². The molecule has 0 radical (unpaired) electrons. The Balaban J connectivity index is 2.71. The molecule has 0 fully saturated rings. The summed E-state index contributed by atoms with van der Waals surface area (Å²) in [7, 11) is -4.19. The summed E-state index contributed by atoms with van der Waals surface area (Å²) in [5.41, 5.74) is 9.92. The average molecular weight is 236 g/mol. The van der Waals surface area contributed by atoms with Crippen molar-refractivity contribution < 1.29 is 17.8 Å². The van der Waals surface area contributed by atoms with Crippen molar-refractivity contribution in [1.82, 2.24) is 0 Å². The third kappa shape index (κ3) is 1.69. The Hall–Kier alpha value is -1.75. The number of hydrogen-bond donors (Lipinski definition) is 1. The zero-order valence-corrected chi connectivity index (χ0v) is 8.92. The molecule has 1 aliphatic carbocycles. The minimum atomic E-state index is -4.19. The maximum Gasteiger partial charge on any atom is 0.322 e. The highest BCUT2D eigenvalue weighted by molar-refractivity contribution is 7.86. The molecule has 82 valence electrons. The monoisotopic (exact) mass is 236 g/mol. The highest BCUT2D eigenvalue weighted by Crippen LogP contribution is 2.30. The van der Waals surface area contributed by atoms with Crippen molar-refractivity contribution >= 4 is 15.8 Å². The molecule has 0 heterocycles. The van der Waals surface area contributed by atoms with Crippen LogP contribution in [0.15, 0.2) is 36.4 Å². The maximum absolute atomic E-state index is 11.1. The number of allylic oxidation sites excluding steroid dienone is 1. The van der Waals surface area contributed by atoms with E-state index in [4.69, 9.17) is 10.1 Å². The van der Waals surface area contributed by atoms with Gasteiger partial charge in [-0.05, 0) is 11.6 Å². The Labute approximate surface area is 92.4 Å². The van der Waals surface area contributed by atoms with E-state index in [0.29, 0.717) is 11.1 Å². The lowest BCUT2D eigenvalue weighted by Crippen LogP contribution is -2.18. The summed E-state index contributed by atoms with van der Waals surface area (Å²) in [5, 5.41) is -1.10. The van der Waals surface area contributed by atoms with Gasteiger partial charge < -0.3 is 5.53 Å². The van der Waals surface area contributed by atoms with Crippen molar-refractivity contribution in [3.05, 3.63) is 53.1 Å². The molecule has 0 saturated heterocycles. The largest absolute Gasteiger partial charge is 0.361 e. The summed E-state index contributed by atoms with van der Waals surface area (Å²) in [6, 6.07) is 6.56. The molecule has 0 saturated carbocycles. The SMILES string of the molecule is [N-]=[N+]=C1C=CC(S(=O)(=O)O)c2ccccc21. The molecule has 1 aromatic carbocycles. The molecule has 5 nitrogen and oxygen atoms in total. The van der Waals surface area contributed by atoms with E-state index in [0.717, 1.165) is 0 Å². The molecule has 0 aromatic heterocycles. The third-order valence-electron chi connectivity index (χ3n) is 2.40. The Kier molecular flexibility index (Phi) is 2.47. The zero-order chi connectivity index (χ0) is 11.8. The average Bonchev–Trinajstić information content (AvgIpc) is 2.26. The summed E-state index contributed by atoms with van der Waals surface area (Å²) >= 11 is 0. The lowest BCUT2D eigenvalue weighted by Gasteiger charge is -2.15. The van der Waals surface area contributed by atoms with Gasteiger partial charge in [0, 0.05) is 6.08 Å². The van der Waals surface area contributed by atoms with Crippen LogP contribution >= 0.6 is 0 Å². The second kappa shape index (κ2) is 3.68. The van der Waals surface area contributed by atoms with Crippen LogP contribution in [0.4, 0.5) is 0 Å². The Bertz CT molecular complexity index is 613. The highest BCUT2D eigenvalue weighted by Gasteiger charge is 2.31. The predicted octanol–water partition coefficient (Wildman–Crippen LogP) is 1.20. The molecule has 16 heavy (non-hydrogen) atoms. The van der Waals surface area contributed by atoms with E-state index in [1.165, 1.54) is 12.2 Å². The number of benzene rings is 1. The fourth-order valence-corrected chi connectivity index (χ4v) is 2.50. The van der Waals surface area contributed by atoms with Crippen LogP contribution < -0.4 is 0 Å². The van der Waals surface area contributed by atoms with Gasteiger partial charge in [-0.15, -0.1) is 0 Å². The lowest BCUT2D eigenvalue weighted by atomic mass is 9.95. The standard InChI is InChI=1S/C10H8N2O3S/c11-12-9-5-6-10(16(13,14)15)8-4-2-1-3-7(8)9/h1-6,10H,(H,13,14,15). The van der Waals surface area contributed by atoms with Gasteiger partial charge >= 0.3 is 5.71 Å². The summed E-state index contributed by atoms with van der Waals surface area (Å²) in [6.07, 6.45) is 2.65. The van der Waals surface area contributed by atoms with E-state index < -0.39 is 15.4 Å². The van der Waals surface area contributed by atoms with E-state index in [1.54, 1.807) is 24.3 Å². The quantitative estimate of drug-likeness (QED) is 0.451. The van der Waals surface area contributed by atoms with Crippen molar-refractivity contribution in [2.45, 2.75) is 5.25 Å². The number of fused-ring (bicyclic) bond motifs is 1. The molecule has 1 atom stereocenters. The second-order valence-electron chi connectivity index (χ2n) is 3.37. The number of nitrogens with zero attached hydrogens (tertiary/aromatic N) is 2. The Morgan fingerprint density at radius 1 is 1.31 bits per heavy atom. The molecule has 0 aliphatic heterocycles. The third-order valence-corrected chi connectivity index (χ3v) is 3.45. The van der Waals surface area contributed by atoms with Gasteiger partial charge in [0.15, 0.2) is 0 Å². The summed E-state index contributed by atoms with van der Waals surface area (Å²) < 4.78 is 31.4. The van der Waals surface area contributed by atoms with E-state index in [2.05, 4.69) is 4.79 Å². The summed E-state index contributed by atoms with van der Waals surface area (Å²) in [6.45, 7) is 0. The first kappa shape index (κ1) is 10.8. The molecule has 1 aromatic rings. The fourth-order valence-electron chi connectivity index (χ4n) is 1.70. The van der Waals surface area contributed by atoms with Crippen molar-refractivity contribution in [3.8, 4) is 0 Å². The van der Waals surface area contributed by atoms with Crippen LogP contribution in [0.25, 0.3) is 5.53 Å². The van der Waals surface area contributed by atoms with Crippen LogP contribution in [-0.2, 0) is 10.1 Å². The van der Waals surface area contributed by atoms with Gasteiger partial charge in [0.2, 0.25) is 0 Å². The molecular weight excluding hydrogens is 228 g/mol. The van der Waals surface area contributed by atoms with Crippen molar-refractivity contribution in [2.24, 2.45) is 0 Å². The summed E-state index contributed by atoms with van der Waals surface area (Å²) in [4.78, 5) is 3.06. The second-order valence-corrected chi connectivity index (χ2v) is 4.90. The Morgan fingerprint density at radius 2 is 2.00 bits per heavy atom. The maximum atomic E-state index is 11.1. The van der Waals surface area contributed by atoms with Gasteiger partial charge in [0.05, 0.1) is 5.56 Å². The van der Waals surface area contributed by atoms with E-state index in [1.807, 2.05) is 0 Å². The van der Waals surface area contributed by atoms with Crippen LogP contribution in [0.2, 0.25) is 0 Å². The Morgan fingerprint density at radius 3 is 2.62 bits per heavy atom. The minimum Gasteiger partial charge on any atom is -0.361 e. The van der Waals surface area contributed by atoms with Crippen LogP contribution in [0.1, 0.15) is 16.4 Å². The van der Waals surface area contributed by atoms with Crippen molar-refractivity contribution in [1.29, 1.82) is 0 Å². The first-order chi connectivity index (χ1) is 7.54. The van der Waals surface area contributed by atoms with Crippen LogP contribution in [0, 0.1) is 0 Å². The minimum absolute atomic E-state index is 0.274. The van der Waals surface area contributed by atoms with Crippen molar-refractivity contribution in [2.75, 3.05) is 0 Å². The predicted molar refractivity (Wildman–Crippen MR) is 57.6 cm³/mol. The smallest absolute Gasteiger partial charge is 0.322 e. The first-order valence-corrected chi connectivity index (χ1v) is 6.00. The number of hydrogen-bond acceptors (Lipinski definition) is 2. The lowest BCUT2D eigenvalue weighted by molar-refractivity contribution is -0.00233. The van der Waals surface area contributed by atoms with Gasteiger partial charge in [0.25, 0.3) is 10.1 Å². The van der Waals surface area contributed by atoms with E-state index >= 15 is 0 Å². The normalized spacial score (nSPS) is 19.1. The van der Waals surface area contributed by atoms with Gasteiger partial charge in [-0.1, -0.05) is 24.3 Å². The highest BCUT2D eigenvalue weighted by atomic mass is 32.2. The molecule has 0 bridgehead atoms. The molecular formula is C10H8N2O3S. The molecule has 2 rings (SSSR count). The van der Waals surface area contributed by atoms with Gasteiger partial charge in [-0.25, -0.2) is 0 Å². The molecule has 6 heteroatoms. The van der Waals surface area contributed by atoms with Gasteiger partial charge in [0.1, 0.15) is 5.25 Å². The summed E-state index contributed by atoms with van der Waals surface area (Å²) in [5.74, 6) is 0. The van der Waals surface area contributed by atoms with Gasteiger partial charge in [-0.3, -0.25) is 4.55 Å². The fraction of sp³-hybridized carbons (Fsp3) is 0.100.